The summed E-state index contributed by atoms with van der Waals surface area (Å²) in [4.78, 5) is 12.3. The number of amides is 1. The molecule has 0 aliphatic heterocycles. The number of rotatable bonds is 4. The normalized spacial score (nSPS) is 19.9. The molecule has 1 amide bonds. The molecule has 1 aliphatic carbocycles. The van der Waals surface area contributed by atoms with Gasteiger partial charge in [-0.15, -0.1) is 0 Å². The van der Waals surface area contributed by atoms with Gasteiger partial charge in [-0.1, -0.05) is 41.9 Å². The fourth-order valence-electron chi connectivity index (χ4n) is 2.56. The second-order valence-corrected chi connectivity index (χ2v) is 5.63. The Morgan fingerprint density at radius 3 is 2.71 bits per heavy atom. The molecule has 4 heteroatoms. The molecule has 0 unspecified atom stereocenters. The average Bonchev–Trinajstić information content (AvgIpc) is 3.29. The van der Waals surface area contributed by atoms with Gasteiger partial charge in [0, 0.05) is 10.9 Å². The number of nitrogens with one attached hydrogen (secondary N) is 1. The highest BCUT2D eigenvalue weighted by Gasteiger charge is 2.43. The second-order valence-electron chi connectivity index (χ2n) is 5.19. The molecule has 0 aromatic heterocycles. The molecule has 2 aromatic carbocycles. The first-order valence-electron chi connectivity index (χ1n) is 6.88. The first kappa shape index (κ1) is 14.0. The van der Waals surface area contributed by atoms with Gasteiger partial charge < -0.3 is 10.1 Å². The first-order chi connectivity index (χ1) is 10.2. The van der Waals surface area contributed by atoms with Gasteiger partial charge in [0.25, 0.3) is 0 Å². The topological polar surface area (TPSA) is 38.3 Å². The Bertz CT molecular complexity index is 657. The van der Waals surface area contributed by atoms with Crippen molar-refractivity contribution < 1.29 is 9.53 Å². The minimum Gasteiger partial charge on any atom is -0.495 e. The Kier molecular flexibility index (Phi) is 3.84. The van der Waals surface area contributed by atoms with E-state index in [1.165, 1.54) is 5.56 Å². The maximum atomic E-state index is 12.3. The summed E-state index contributed by atoms with van der Waals surface area (Å²) in [6.07, 6.45) is 0.888. The van der Waals surface area contributed by atoms with Gasteiger partial charge >= 0.3 is 0 Å². The van der Waals surface area contributed by atoms with E-state index in [0.717, 1.165) is 6.42 Å². The predicted molar refractivity (Wildman–Crippen MR) is 83.9 cm³/mol. The number of methoxy groups -OCH3 is 1. The summed E-state index contributed by atoms with van der Waals surface area (Å²) in [6, 6.07) is 15.3. The van der Waals surface area contributed by atoms with Gasteiger partial charge in [0.1, 0.15) is 5.75 Å². The average molecular weight is 302 g/mol. The Morgan fingerprint density at radius 1 is 1.24 bits per heavy atom. The highest BCUT2D eigenvalue weighted by atomic mass is 35.5. The second kappa shape index (κ2) is 5.78. The standard InChI is InChI=1S/C17H16ClNO2/c1-21-16-8-7-12(18)9-15(16)19-17(20)14-10-13(14)11-5-3-2-4-6-11/h2-9,13-14H,10H2,1H3,(H,19,20)/t13-,14+/m1/s1. The maximum absolute atomic E-state index is 12.3. The molecule has 0 radical (unpaired) electrons. The van der Waals surface area contributed by atoms with Crippen LogP contribution in [0.3, 0.4) is 0 Å². The molecule has 1 N–H and O–H groups in total. The molecule has 3 rings (SSSR count). The van der Waals surface area contributed by atoms with Gasteiger partial charge in [0.2, 0.25) is 5.91 Å². The van der Waals surface area contributed by atoms with Gasteiger partial charge in [-0.05, 0) is 36.1 Å². The largest absolute Gasteiger partial charge is 0.495 e. The summed E-state index contributed by atoms with van der Waals surface area (Å²) < 4.78 is 5.24. The van der Waals surface area contributed by atoms with Crippen molar-refractivity contribution in [2.75, 3.05) is 12.4 Å². The molecule has 2 aromatic rings. The van der Waals surface area contributed by atoms with Crippen LogP contribution >= 0.6 is 11.6 Å². The minimum atomic E-state index is 0.0180. The molecule has 0 bridgehead atoms. The third-order valence-electron chi connectivity index (χ3n) is 3.77. The van der Waals surface area contributed by atoms with Gasteiger partial charge in [0.05, 0.1) is 12.8 Å². The molecular weight excluding hydrogens is 286 g/mol. The van der Waals surface area contributed by atoms with E-state index >= 15 is 0 Å². The number of ether oxygens (including phenoxy) is 1. The Morgan fingerprint density at radius 2 is 2.00 bits per heavy atom. The SMILES string of the molecule is COc1ccc(Cl)cc1NC(=O)[C@H]1C[C@@H]1c1ccccc1. The molecule has 1 aliphatic rings. The van der Waals surface area contributed by atoms with Crippen molar-refractivity contribution in [3.8, 4) is 5.75 Å². The van der Waals surface area contributed by atoms with Crippen LogP contribution in [0.4, 0.5) is 5.69 Å². The number of anilines is 1. The van der Waals surface area contributed by atoms with Crippen LogP contribution in [0.25, 0.3) is 0 Å². The fourth-order valence-corrected chi connectivity index (χ4v) is 2.73. The van der Waals surface area contributed by atoms with Crippen molar-refractivity contribution in [1.82, 2.24) is 0 Å². The van der Waals surface area contributed by atoms with Crippen LogP contribution in [0.1, 0.15) is 17.9 Å². The lowest BCUT2D eigenvalue weighted by Crippen LogP contribution is -2.15. The summed E-state index contributed by atoms with van der Waals surface area (Å²) in [7, 11) is 1.57. The number of carbonyl (C=O) groups excluding carboxylic acids is 1. The lowest BCUT2D eigenvalue weighted by atomic mass is 10.1. The smallest absolute Gasteiger partial charge is 0.228 e. The molecule has 0 saturated heterocycles. The van der Waals surface area contributed by atoms with Crippen molar-refractivity contribution in [2.45, 2.75) is 12.3 Å². The van der Waals surface area contributed by atoms with E-state index in [0.29, 0.717) is 22.4 Å². The molecule has 1 saturated carbocycles. The zero-order valence-corrected chi connectivity index (χ0v) is 12.4. The van der Waals surface area contributed by atoms with E-state index in [4.69, 9.17) is 16.3 Å². The summed E-state index contributed by atoms with van der Waals surface area (Å²) >= 11 is 5.97. The highest BCUT2D eigenvalue weighted by Crippen LogP contribution is 2.48. The molecule has 3 nitrogen and oxygen atoms in total. The summed E-state index contributed by atoms with van der Waals surface area (Å²) in [6.45, 7) is 0. The molecule has 0 heterocycles. The van der Waals surface area contributed by atoms with E-state index in [1.807, 2.05) is 18.2 Å². The monoisotopic (exact) mass is 301 g/mol. The van der Waals surface area contributed by atoms with Crippen LogP contribution in [0.5, 0.6) is 5.75 Å². The minimum absolute atomic E-state index is 0.0180. The van der Waals surface area contributed by atoms with E-state index in [1.54, 1.807) is 25.3 Å². The van der Waals surface area contributed by atoms with Gasteiger partial charge in [-0.2, -0.15) is 0 Å². The van der Waals surface area contributed by atoms with Crippen LogP contribution < -0.4 is 10.1 Å². The van der Waals surface area contributed by atoms with E-state index in [9.17, 15) is 4.79 Å². The Labute approximate surface area is 128 Å². The maximum Gasteiger partial charge on any atom is 0.228 e. The van der Waals surface area contributed by atoms with Gasteiger partial charge in [-0.25, -0.2) is 0 Å². The number of carbonyl (C=O) groups is 1. The fraction of sp³-hybridized carbons (Fsp3) is 0.235. The molecule has 21 heavy (non-hydrogen) atoms. The summed E-state index contributed by atoms with van der Waals surface area (Å²) in [5.41, 5.74) is 1.84. The molecule has 0 spiro atoms. The van der Waals surface area contributed by atoms with Crippen LogP contribution in [-0.4, -0.2) is 13.0 Å². The quantitative estimate of drug-likeness (QED) is 0.923. The Balaban J connectivity index is 1.70. The lowest BCUT2D eigenvalue weighted by molar-refractivity contribution is -0.117. The highest BCUT2D eigenvalue weighted by molar-refractivity contribution is 6.31. The third kappa shape index (κ3) is 3.03. The van der Waals surface area contributed by atoms with Crippen molar-refractivity contribution in [1.29, 1.82) is 0 Å². The molecule has 1 fully saturated rings. The number of hydrogen-bond donors (Lipinski definition) is 1. The molecular formula is C17H16ClNO2. The lowest BCUT2D eigenvalue weighted by Gasteiger charge is -2.10. The van der Waals surface area contributed by atoms with Gasteiger partial charge in [-0.3, -0.25) is 4.79 Å². The first-order valence-corrected chi connectivity index (χ1v) is 7.26. The molecule has 108 valence electrons. The van der Waals surface area contributed by atoms with Gasteiger partial charge in [0.15, 0.2) is 0 Å². The number of benzene rings is 2. The van der Waals surface area contributed by atoms with Crippen molar-refractivity contribution in [3.05, 3.63) is 59.1 Å². The van der Waals surface area contributed by atoms with E-state index < -0.39 is 0 Å². The van der Waals surface area contributed by atoms with Crippen LogP contribution in [0.15, 0.2) is 48.5 Å². The van der Waals surface area contributed by atoms with Crippen LogP contribution in [0.2, 0.25) is 5.02 Å². The third-order valence-corrected chi connectivity index (χ3v) is 4.01. The summed E-state index contributed by atoms with van der Waals surface area (Å²) in [5.74, 6) is 0.974. The predicted octanol–water partition coefficient (Wildman–Crippen LogP) is 4.09. The van der Waals surface area contributed by atoms with Crippen molar-refractivity contribution in [2.24, 2.45) is 5.92 Å². The Hall–Kier alpha value is -2.00. The number of hydrogen-bond acceptors (Lipinski definition) is 2. The van der Waals surface area contributed by atoms with E-state index in [2.05, 4.69) is 17.4 Å². The zero-order valence-electron chi connectivity index (χ0n) is 11.7. The summed E-state index contributed by atoms with van der Waals surface area (Å²) in [5, 5.41) is 3.49. The number of halogens is 1. The van der Waals surface area contributed by atoms with Crippen LogP contribution in [0, 0.1) is 5.92 Å². The van der Waals surface area contributed by atoms with E-state index in [-0.39, 0.29) is 11.8 Å². The van der Waals surface area contributed by atoms with Crippen molar-refractivity contribution in [3.63, 3.8) is 0 Å². The molecule has 2 atom stereocenters. The van der Waals surface area contributed by atoms with Crippen molar-refractivity contribution >= 4 is 23.2 Å². The van der Waals surface area contributed by atoms with Crippen LogP contribution in [-0.2, 0) is 4.79 Å². The zero-order chi connectivity index (χ0) is 14.8.